The van der Waals surface area contributed by atoms with Gasteiger partial charge in [0.1, 0.15) is 11.5 Å². The number of hydrogen-bond donors (Lipinski definition) is 1. The first-order valence-electron chi connectivity index (χ1n) is 7.89. The fourth-order valence-electron chi connectivity index (χ4n) is 3.06. The maximum Gasteiger partial charge on any atom is 0.304 e. The highest BCUT2D eigenvalue weighted by Gasteiger charge is 2.37. The van der Waals surface area contributed by atoms with Gasteiger partial charge in [-0.2, -0.15) is 0 Å². The number of thioether (sulfide) groups is 1. The van der Waals surface area contributed by atoms with Crippen LogP contribution in [0.1, 0.15) is 32.1 Å². The first-order valence-corrected chi connectivity index (χ1v) is 8.71. The number of rotatable bonds is 6. The van der Waals surface area contributed by atoms with Crippen LogP contribution in [0.5, 0.6) is 11.5 Å². The lowest BCUT2D eigenvalue weighted by Crippen LogP contribution is -2.24. The van der Waals surface area contributed by atoms with Gasteiger partial charge in [-0.3, -0.25) is 4.79 Å². The second-order valence-corrected chi connectivity index (χ2v) is 7.49. The zero-order chi connectivity index (χ0) is 16.1. The molecule has 0 radical (unpaired) electrons. The summed E-state index contributed by atoms with van der Waals surface area (Å²) < 4.78 is 5.64. The Morgan fingerprint density at radius 2 is 1.61 bits per heavy atom. The SMILES string of the molecule is O=C(O)CC1(Sc2ccc(Oc3ccccc3)cc2)CCCC1. The number of aliphatic carboxylic acids is 1. The second-order valence-electron chi connectivity index (χ2n) is 5.95. The Labute approximate surface area is 140 Å². The lowest BCUT2D eigenvalue weighted by Gasteiger charge is -2.26. The van der Waals surface area contributed by atoms with Gasteiger partial charge in [0.05, 0.1) is 6.42 Å². The molecule has 0 saturated heterocycles. The van der Waals surface area contributed by atoms with Crippen molar-refractivity contribution in [1.29, 1.82) is 0 Å². The van der Waals surface area contributed by atoms with Gasteiger partial charge in [-0.25, -0.2) is 0 Å². The van der Waals surface area contributed by atoms with Crippen molar-refractivity contribution in [2.45, 2.75) is 41.7 Å². The molecule has 1 aliphatic carbocycles. The summed E-state index contributed by atoms with van der Waals surface area (Å²) in [5, 5.41) is 9.19. The largest absolute Gasteiger partial charge is 0.481 e. The molecule has 0 unspecified atom stereocenters. The predicted molar refractivity (Wildman–Crippen MR) is 92.3 cm³/mol. The summed E-state index contributed by atoms with van der Waals surface area (Å²) in [5.41, 5.74) is 0. The third kappa shape index (κ3) is 4.29. The second kappa shape index (κ2) is 7.09. The van der Waals surface area contributed by atoms with Gasteiger partial charge in [-0.05, 0) is 49.2 Å². The van der Waals surface area contributed by atoms with Gasteiger partial charge in [0, 0.05) is 9.64 Å². The Kier molecular flexibility index (Phi) is 4.91. The van der Waals surface area contributed by atoms with Crippen LogP contribution in [-0.2, 0) is 4.79 Å². The van der Waals surface area contributed by atoms with Crippen LogP contribution >= 0.6 is 11.8 Å². The van der Waals surface area contributed by atoms with Crippen molar-refractivity contribution in [3.05, 3.63) is 54.6 Å². The van der Waals surface area contributed by atoms with Crippen LogP contribution in [0.15, 0.2) is 59.5 Å². The third-order valence-electron chi connectivity index (χ3n) is 4.13. The molecule has 120 valence electrons. The molecule has 3 nitrogen and oxygen atoms in total. The molecule has 1 aliphatic rings. The highest BCUT2D eigenvalue weighted by atomic mass is 32.2. The summed E-state index contributed by atoms with van der Waals surface area (Å²) in [6.45, 7) is 0. The molecular formula is C19H20O3S. The quantitative estimate of drug-likeness (QED) is 0.775. The zero-order valence-electron chi connectivity index (χ0n) is 12.9. The van der Waals surface area contributed by atoms with Gasteiger partial charge in [-0.15, -0.1) is 11.8 Å². The predicted octanol–water partition coefficient (Wildman–Crippen LogP) is 5.36. The van der Waals surface area contributed by atoms with E-state index in [1.54, 1.807) is 11.8 Å². The van der Waals surface area contributed by atoms with Crippen molar-refractivity contribution in [2.75, 3.05) is 0 Å². The van der Waals surface area contributed by atoms with Crippen molar-refractivity contribution in [1.82, 2.24) is 0 Å². The van der Waals surface area contributed by atoms with Crippen molar-refractivity contribution in [3.63, 3.8) is 0 Å². The average Bonchev–Trinajstić information content (AvgIpc) is 2.97. The molecule has 0 amide bonds. The number of carboxylic acids is 1. The molecule has 23 heavy (non-hydrogen) atoms. The van der Waals surface area contributed by atoms with E-state index in [0.717, 1.165) is 42.1 Å². The van der Waals surface area contributed by atoms with Crippen LogP contribution in [-0.4, -0.2) is 15.8 Å². The molecule has 2 aromatic rings. The van der Waals surface area contributed by atoms with E-state index in [2.05, 4.69) is 0 Å². The molecule has 0 atom stereocenters. The van der Waals surface area contributed by atoms with Gasteiger partial charge < -0.3 is 9.84 Å². The van der Waals surface area contributed by atoms with E-state index in [1.165, 1.54) is 0 Å². The van der Waals surface area contributed by atoms with Crippen LogP contribution in [0.2, 0.25) is 0 Å². The molecule has 1 N–H and O–H groups in total. The Bertz CT molecular complexity index is 646. The van der Waals surface area contributed by atoms with E-state index in [-0.39, 0.29) is 11.2 Å². The number of para-hydroxylation sites is 1. The minimum absolute atomic E-state index is 0.145. The van der Waals surface area contributed by atoms with E-state index in [4.69, 9.17) is 4.74 Å². The fraction of sp³-hybridized carbons (Fsp3) is 0.316. The van der Waals surface area contributed by atoms with Gasteiger partial charge in [0.15, 0.2) is 0 Å². The van der Waals surface area contributed by atoms with E-state index in [1.807, 2.05) is 54.6 Å². The van der Waals surface area contributed by atoms with Gasteiger partial charge in [-0.1, -0.05) is 31.0 Å². The first kappa shape index (κ1) is 15.9. The number of benzene rings is 2. The van der Waals surface area contributed by atoms with Gasteiger partial charge >= 0.3 is 5.97 Å². The normalized spacial score (nSPS) is 16.2. The topological polar surface area (TPSA) is 46.5 Å². The zero-order valence-corrected chi connectivity index (χ0v) is 13.7. The Hall–Kier alpha value is -1.94. The number of ether oxygens (including phenoxy) is 1. The minimum Gasteiger partial charge on any atom is -0.481 e. The summed E-state index contributed by atoms with van der Waals surface area (Å²) in [6.07, 6.45) is 4.43. The van der Waals surface area contributed by atoms with E-state index >= 15 is 0 Å². The molecule has 0 bridgehead atoms. The smallest absolute Gasteiger partial charge is 0.304 e. The highest BCUT2D eigenvalue weighted by molar-refractivity contribution is 8.00. The molecule has 0 aliphatic heterocycles. The van der Waals surface area contributed by atoms with Crippen molar-refractivity contribution >= 4 is 17.7 Å². The minimum atomic E-state index is -0.705. The average molecular weight is 328 g/mol. The molecular weight excluding hydrogens is 308 g/mol. The van der Waals surface area contributed by atoms with Crippen LogP contribution < -0.4 is 4.74 Å². The summed E-state index contributed by atoms with van der Waals surface area (Å²) in [5.74, 6) is 0.897. The number of carboxylic acid groups (broad SMARTS) is 1. The van der Waals surface area contributed by atoms with Crippen molar-refractivity contribution in [3.8, 4) is 11.5 Å². The maximum atomic E-state index is 11.2. The van der Waals surface area contributed by atoms with E-state index in [9.17, 15) is 9.90 Å². The molecule has 3 rings (SSSR count). The summed E-state index contributed by atoms with van der Waals surface area (Å²) >= 11 is 1.71. The Balaban J connectivity index is 1.68. The highest BCUT2D eigenvalue weighted by Crippen LogP contribution is 2.47. The number of hydrogen-bond acceptors (Lipinski definition) is 3. The lowest BCUT2D eigenvalue weighted by atomic mass is 10.0. The van der Waals surface area contributed by atoms with Crippen LogP contribution in [0.3, 0.4) is 0 Å². The van der Waals surface area contributed by atoms with E-state index in [0.29, 0.717) is 0 Å². The number of carbonyl (C=O) groups is 1. The summed E-state index contributed by atoms with van der Waals surface area (Å²) in [7, 11) is 0. The first-order chi connectivity index (χ1) is 11.2. The third-order valence-corrected chi connectivity index (χ3v) is 5.62. The molecule has 0 aromatic heterocycles. The van der Waals surface area contributed by atoms with Gasteiger partial charge in [0.2, 0.25) is 0 Å². The molecule has 0 heterocycles. The van der Waals surface area contributed by atoms with Crippen LogP contribution in [0.25, 0.3) is 0 Å². The Morgan fingerprint density at radius 3 is 2.22 bits per heavy atom. The molecule has 2 aromatic carbocycles. The lowest BCUT2D eigenvalue weighted by molar-refractivity contribution is -0.137. The van der Waals surface area contributed by atoms with Gasteiger partial charge in [0.25, 0.3) is 0 Å². The molecule has 1 fully saturated rings. The standard InChI is InChI=1S/C19H20O3S/c20-18(21)14-19(12-4-5-13-19)23-17-10-8-16(9-11-17)22-15-6-2-1-3-7-15/h1-3,6-11H,4-5,12-14H2,(H,20,21). The van der Waals surface area contributed by atoms with Crippen molar-refractivity contribution in [2.24, 2.45) is 0 Å². The maximum absolute atomic E-state index is 11.2. The van der Waals surface area contributed by atoms with Crippen LogP contribution in [0, 0.1) is 0 Å². The Morgan fingerprint density at radius 1 is 1.00 bits per heavy atom. The summed E-state index contributed by atoms with van der Waals surface area (Å²) in [6, 6.07) is 17.6. The van der Waals surface area contributed by atoms with E-state index < -0.39 is 5.97 Å². The molecule has 4 heteroatoms. The summed E-state index contributed by atoms with van der Waals surface area (Å²) in [4.78, 5) is 12.3. The monoisotopic (exact) mass is 328 g/mol. The fourth-order valence-corrected chi connectivity index (χ4v) is 4.52. The molecule has 1 saturated carbocycles. The van der Waals surface area contributed by atoms with Crippen molar-refractivity contribution < 1.29 is 14.6 Å². The molecule has 0 spiro atoms. The van der Waals surface area contributed by atoms with Crippen LogP contribution in [0.4, 0.5) is 0 Å².